The Kier molecular flexibility index (Phi) is 2.94. The third kappa shape index (κ3) is 2.36. The van der Waals surface area contributed by atoms with Gasteiger partial charge in [-0.2, -0.15) is 0 Å². The van der Waals surface area contributed by atoms with Crippen molar-refractivity contribution in [2.75, 3.05) is 0 Å². The minimum absolute atomic E-state index is 0.233. The number of hydrogen-bond acceptors (Lipinski definition) is 4. The van der Waals surface area contributed by atoms with Gasteiger partial charge in [0.15, 0.2) is 11.5 Å². The van der Waals surface area contributed by atoms with Crippen molar-refractivity contribution in [3.63, 3.8) is 0 Å². The number of rotatable bonds is 3. The molecule has 1 N–H and O–H groups in total. The number of fused-ring (bicyclic) bond motifs is 1. The zero-order chi connectivity index (χ0) is 14.3. The quantitative estimate of drug-likeness (QED) is 0.929. The molecule has 0 atom stereocenters. The highest BCUT2D eigenvalue weighted by Crippen LogP contribution is 2.43. The van der Waals surface area contributed by atoms with Crippen LogP contribution in [0.2, 0.25) is 0 Å². The third-order valence-corrected chi connectivity index (χ3v) is 3.97. The molecular formula is C15H14O4S. The van der Waals surface area contributed by atoms with Gasteiger partial charge in [0.05, 0.1) is 0 Å². The van der Waals surface area contributed by atoms with Gasteiger partial charge in [-0.3, -0.25) is 0 Å². The first-order chi connectivity index (χ1) is 9.44. The molecule has 104 valence electrons. The normalized spacial score (nSPS) is 15.5. The van der Waals surface area contributed by atoms with E-state index in [1.54, 1.807) is 5.38 Å². The fourth-order valence-electron chi connectivity index (χ4n) is 2.28. The van der Waals surface area contributed by atoms with E-state index in [4.69, 9.17) is 14.6 Å². The molecule has 1 aliphatic rings. The third-order valence-electron chi connectivity index (χ3n) is 3.07. The molecule has 0 spiro atoms. The summed E-state index contributed by atoms with van der Waals surface area (Å²) < 4.78 is 11.7. The lowest BCUT2D eigenvalue weighted by Gasteiger charge is -2.18. The van der Waals surface area contributed by atoms with Crippen LogP contribution < -0.4 is 9.47 Å². The van der Waals surface area contributed by atoms with Gasteiger partial charge in [0.1, 0.15) is 16.2 Å². The molecule has 1 aromatic carbocycles. The second-order valence-electron chi connectivity index (χ2n) is 5.34. The molecule has 1 aliphatic heterocycles. The maximum absolute atomic E-state index is 10.9. The van der Waals surface area contributed by atoms with E-state index < -0.39 is 5.97 Å². The molecule has 2 aromatic rings. The molecule has 2 heterocycles. The molecule has 0 bridgehead atoms. The highest BCUT2D eigenvalue weighted by molar-refractivity contribution is 7.12. The average molecular weight is 290 g/mol. The Morgan fingerprint density at radius 2 is 2.25 bits per heavy atom. The van der Waals surface area contributed by atoms with Crippen molar-refractivity contribution in [2.24, 2.45) is 0 Å². The lowest BCUT2D eigenvalue weighted by atomic mass is 10.0. The van der Waals surface area contributed by atoms with E-state index in [1.165, 1.54) is 6.07 Å². The first kappa shape index (κ1) is 13.0. The Morgan fingerprint density at radius 3 is 2.95 bits per heavy atom. The molecule has 0 radical (unpaired) electrons. The topological polar surface area (TPSA) is 55.8 Å². The Bertz CT molecular complexity index is 672. The summed E-state index contributed by atoms with van der Waals surface area (Å²) in [5, 5.41) is 10.6. The van der Waals surface area contributed by atoms with E-state index in [2.05, 4.69) is 0 Å². The fraction of sp³-hybridized carbons (Fsp3) is 0.267. The van der Waals surface area contributed by atoms with Gasteiger partial charge in [0.2, 0.25) is 0 Å². The number of aromatic carboxylic acids is 1. The average Bonchev–Trinajstić information content (AvgIpc) is 2.92. The predicted molar refractivity (Wildman–Crippen MR) is 76.2 cm³/mol. The summed E-state index contributed by atoms with van der Waals surface area (Å²) in [6, 6.07) is 7.29. The summed E-state index contributed by atoms with van der Waals surface area (Å²) in [4.78, 5) is 11.1. The summed E-state index contributed by atoms with van der Waals surface area (Å²) in [5.74, 6) is 0.956. The van der Waals surface area contributed by atoms with Gasteiger partial charge < -0.3 is 14.6 Å². The number of ether oxygens (including phenoxy) is 2. The zero-order valence-corrected chi connectivity index (χ0v) is 12.0. The van der Waals surface area contributed by atoms with Crippen molar-refractivity contribution in [1.82, 2.24) is 0 Å². The largest absolute Gasteiger partial charge is 0.483 e. The lowest BCUT2D eigenvalue weighted by molar-refractivity contribution is 0.0702. The van der Waals surface area contributed by atoms with E-state index >= 15 is 0 Å². The molecule has 0 amide bonds. The number of thiophene rings is 1. The van der Waals surface area contributed by atoms with Crippen LogP contribution in [0.1, 0.15) is 29.1 Å². The maximum Gasteiger partial charge on any atom is 0.346 e. The fourth-order valence-corrected chi connectivity index (χ4v) is 2.92. The van der Waals surface area contributed by atoms with E-state index in [1.807, 2.05) is 32.0 Å². The summed E-state index contributed by atoms with van der Waals surface area (Å²) >= 11 is 1.14. The number of carbonyl (C=O) groups is 1. The van der Waals surface area contributed by atoms with Crippen LogP contribution in [0.5, 0.6) is 17.2 Å². The van der Waals surface area contributed by atoms with Crippen LogP contribution in [0.25, 0.3) is 0 Å². The second-order valence-corrected chi connectivity index (χ2v) is 6.25. The monoisotopic (exact) mass is 290 g/mol. The first-order valence-corrected chi connectivity index (χ1v) is 7.13. The molecule has 0 fully saturated rings. The number of hydrogen-bond donors (Lipinski definition) is 1. The maximum atomic E-state index is 10.9. The number of carboxylic acids is 1. The van der Waals surface area contributed by atoms with E-state index in [0.717, 1.165) is 29.1 Å². The summed E-state index contributed by atoms with van der Waals surface area (Å²) in [6.07, 6.45) is 0.837. The smallest absolute Gasteiger partial charge is 0.346 e. The minimum atomic E-state index is -0.944. The van der Waals surface area contributed by atoms with E-state index in [-0.39, 0.29) is 10.5 Å². The molecule has 1 aromatic heterocycles. The highest BCUT2D eigenvalue weighted by Gasteiger charge is 2.32. The SMILES string of the molecule is CC1(C)Cc2cccc(Oc3csc(C(=O)O)c3)c2O1. The Balaban J connectivity index is 1.89. The Hall–Kier alpha value is -2.01. The van der Waals surface area contributed by atoms with E-state index in [0.29, 0.717) is 11.5 Å². The van der Waals surface area contributed by atoms with Gasteiger partial charge in [-0.05, 0) is 19.9 Å². The van der Waals surface area contributed by atoms with Gasteiger partial charge >= 0.3 is 5.97 Å². The van der Waals surface area contributed by atoms with Crippen LogP contribution in [-0.4, -0.2) is 16.7 Å². The standard InChI is InChI=1S/C15H14O4S/c1-15(2)7-9-4-3-5-11(13(9)19-15)18-10-6-12(14(16)17)20-8-10/h3-6,8H,7H2,1-2H3,(H,16,17). The van der Waals surface area contributed by atoms with Crippen LogP contribution in [0.15, 0.2) is 29.6 Å². The van der Waals surface area contributed by atoms with Crippen LogP contribution in [0.3, 0.4) is 0 Å². The molecule has 5 heteroatoms. The highest BCUT2D eigenvalue weighted by atomic mass is 32.1. The molecule has 0 aliphatic carbocycles. The lowest BCUT2D eigenvalue weighted by Crippen LogP contribution is -2.24. The molecule has 4 nitrogen and oxygen atoms in total. The zero-order valence-electron chi connectivity index (χ0n) is 11.2. The molecule has 20 heavy (non-hydrogen) atoms. The molecule has 0 saturated carbocycles. The van der Waals surface area contributed by atoms with Gasteiger partial charge in [-0.25, -0.2) is 4.79 Å². The van der Waals surface area contributed by atoms with Crippen LogP contribution in [0.4, 0.5) is 0 Å². The van der Waals surface area contributed by atoms with Crippen LogP contribution >= 0.6 is 11.3 Å². The summed E-state index contributed by atoms with van der Waals surface area (Å²) in [6.45, 7) is 4.06. The van der Waals surface area contributed by atoms with E-state index in [9.17, 15) is 4.79 Å². The van der Waals surface area contributed by atoms with Gasteiger partial charge in [-0.1, -0.05) is 12.1 Å². The number of carboxylic acid groups (broad SMARTS) is 1. The summed E-state index contributed by atoms with van der Waals surface area (Å²) in [7, 11) is 0. The van der Waals surface area contributed by atoms with Crippen molar-refractivity contribution < 1.29 is 19.4 Å². The van der Waals surface area contributed by atoms with Crippen molar-refractivity contribution >= 4 is 17.3 Å². The van der Waals surface area contributed by atoms with Crippen molar-refractivity contribution in [3.8, 4) is 17.2 Å². The van der Waals surface area contributed by atoms with Crippen molar-refractivity contribution in [2.45, 2.75) is 25.9 Å². The number of para-hydroxylation sites is 1. The second kappa shape index (κ2) is 4.52. The van der Waals surface area contributed by atoms with Crippen LogP contribution in [-0.2, 0) is 6.42 Å². The Labute approximate surface area is 120 Å². The predicted octanol–water partition coefficient (Wildman–Crippen LogP) is 3.95. The van der Waals surface area contributed by atoms with Crippen molar-refractivity contribution in [1.29, 1.82) is 0 Å². The first-order valence-electron chi connectivity index (χ1n) is 6.25. The molecule has 3 rings (SSSR count). The Morgan fingerprint density at radius 1 is 1.45 bits per heavy atom. The van der Waals surface area contributed by atoms with Crippen molar-refractivity contribution in [3.05, 3.63) is 40.1 Å². The molecular weight excluding hydrogens is 276 g/mol. The number of benzene rings is 1. The van der Waals surface area contributed by atoms with Gasteiger partial charge in [0.25, 0.3) is 0 Å². The molecule has 0 saturated heterocycles. The minimum Gasteiger partial charge on any atom is -0.483 e. The van der Waals surface area contributed by atoms with Gasteiger partial charge in [-0.15, -0.1) is 11.3 Å². The van der Waals surface area contributed by atoms with Gasteiger partial charge in [0, 0.05) is 23.4 Å². The van der Waals surface area contributed by atoms with Crippen LogP contribution in [0, 0.1) is 0 Å². The molecule has 0 unspecified atom stereocenters. The summed E-state index contributed by atoms with van der Waals surface area (Å²) in [5.41, 5.74) is 0.879.